The van der Waals surface area contributed by atoms with Crippen LogP contribution in [-0.2, 0) is 10.3 Å². The maximum Gasteiger partial charge on any atom is 0.157 e. The highest BCUT2D eigenvalue weighted by atomic mass is 32.1. The number of ether oxygens (including phenoxy) is 1. The van der Waals surface area contributed by atoms with Gasteiger partial charge in [-0.2, -0.15) is 0 Å². The van der Waals surface area contributed by atoms with Gasteiger partial charge in [0.15, 0.2) is 5.05 Å². The lowest BCUT2D eigenvalue weighted by atomic mass is 9.98. The monoisotopic (exact) mass is 194 g/mol. The van der Waals surface area contributed by atoms with E-state index in [1.807, 2.05) is 44.2 Å². The van der Waals surface area contributed by atoms with Gasteiger partial charge in [-0.25, -0.2) is 0 Å². The summed E-state index contributed by atoms with van der Waals surface area (Å²) >= 11 is 4.92. The van der Waals surface area contributed by atoms with Gasteiger partial charge in [-0.3, -0.25) is 0 Å². The largest absolute Gasteiger partial charge is 0.477 e. The Kier molecular flexibility index (Phi) is 3.04. The van der Waals surface area contributed by atoms with E-state index in [2.05, 4.69) is 0 Å². The average Bonchev–Trinajstić information content (AvgIpc) is 2.04. The Bertz CT molecular complexity index is 290. The Balaban J connectivity index is 2.87. The maximum atomic E-state index is 5.56. The van der Waals surface area contributed by atoms with Gasteiger partial charge in [-0.1, -0.05) is 30.3 Å². The molecule has 1 nitrogen and oxygen atoms in total. The van der Waals surface area contributed by atoms with Crippen molar-refractivity contribution in [1.82, 2.24) is 0 Å². The van der Waals surface area contributed by atoms with Crippen LogP contribution in [0.25, 0.3) is 0 Å². The molecule has 0 bridgehead atoms. The standard InChI is InChI=1S/C11H14OS/c1-9(13)12-11(2,3)10-7-5-4-6-8-10/h4-8H,1-3H3. The van der Waals surface area contributed by atoms with Crippen molar-refractivity contribution in [3.63, 3.8) is 0 Å². The molecule has 0 saturated heterocycles. The summed E-state index contributed by atoms with van der Waals surface area (Å²) in [6.07, 6.45) is 0. The van der Waals surface area contributed by atoms with Crippen LogP contribution in [0.4, 0.5) is 0 Å². The Labute approximate surface area is 84.7 Å². The summed E-state index contributed by atoms with van der Waals surface area (Å²) < 4.78 is 5.56. The zero-order valence-electron chi connectivity index (χ0n) is 8.20. The van der Waals surface area contributed by atoms with Gasteiger partial charge in [0.05, 0.1) is 0 Å². The number of rotatable bonds is 2. The Morgan fingerprint density at radius 2 is 1.77 bits per heavy atom. The SMILES string of the molecule is CC(=S)OC(C)(C)c1ccccc1. The summed E-state index contributed by atoms with van der Waals surface area (Å²) in [6, 6.07) is 10.1. The van der Waals surface area contributed by atoms with E-state index in [4.69, 9.17) is 17.0 Å². The van der Waals surface area contributed by atoms with E-state index in [1.165, 1.54) is 0 Å². The minimum absolute atomic E-state index is 0.326. The fourth-order valence-corrected chi connectivity index (χ4v) is 1.47. The van der Waals surface area contributed by atoms with Crippen LogP contribution in [0.2, 0.25) is 0 Å². The van der Waals surface area contributed by atoms with Crippen LogP contribution in [-0.4, -0.2) is 5.05 Å². The molecule has 0 aromatic heterocycles. The van der Waals surface area contributed by atoms with E-state index < -0.39 is 0 Å². The highest BCUT2D eigenvalue weighted by molar-refractivity contribution is 7.80. The van der Waals surface area contributed by atoms with E-state index in [0.717, 1.165) is 5.56 Å². The molecule has 0 spiro atoms. The molecule has 13 heavy (non-hydrogen) atoms. The predicted molar refractivity (Wildman–Crippen MR) is 58.8 cm³/mol. The molecule has 0 N–H and O–H groups in total. The number of hydrogen-bond donors (Lipinski definition) is 0. The molecule has 0 aliphatic rings. The molecule has 0 aliphatic carbocycles. The molecule has 1 aromatic carbocycles. The van der Waals surface area contributed by atoms with Crippen molar-refractivity contribution in [2.45, 2.75) is 26.4 Å². The number of hydrogen-bond acceptors (Lipinski definition) is 2. The van der Waals surface area contributed by atoms with E-state index in [9.17, 15) is 0 Å². The lowest BCUT2D eigenvalue weighted by Crippen LogP contribution is -2.23. The molecule has 0 unspecified atom stereocenters. The Hall–Kier alpha value is -0.890. The third kappa shape index (κ3) is 2.81. The summed E-state index contributed by atoms with van der Waals surface area (Å²) in [4.78, 5) is 0. The van der Waals surface area contributed by atoms with Crippen molar-refractivity contribution in [3.05, 3.63) is 35.9 Å². The minimum Gasteiger partial charge on any atom is -0.477 e. The van der Waals surface area contributed by atoms with Crippen LogP contribution >= 0.6 is 12.2 Å². The van der Waals surface area contributed by atoms with Crippen LogP contribution in [0.1, 0.15) is 26.3 Å². The summed E-state index contributed by atoms with van der Waals surface area (Å²) in [5.41, 5.74) is 0.812. The smallest absolute Gasteiger partial charge is 0.157 e. The molecule has 0 amide bonds. The fourth-order valence-electron chi connectivity index (χ4n) is 1.26. The third-order valence-corrected chi connectivity index (χ3v) is 1.95. The van der Waals surface area contributed by atoms with E-state index in [1.54, 1.807) is 6.92 Å². The van der Waals surface area contributed by atoms with Crippen molar-refractivity contribution >= 4 is 17.3 Å². The van der Waals surface area contributed by atoms with Crippen LogP contribution < -0.4 is 0 Å². The van der Waals surface area contributed by atoms with E-state index in [-0.39, 0.29) is 5.60 Å². The molecule has 1 aromatic rings. The molecule has 0 atom stereocenters. The maximum absolute atomic E-state index is 5.56. The first-order valence-electron chi connectivity index (χ1n) is 4.27. The zero-order valence-corrected chi connectivity index (χ0v) is 9.02. The van der Waals surface area contributed by atoms with Gasteiger partial charge in [0.25, 0.3) is 0 Å². The summed E-state index contributed by atoms with van der Waals surface area (Å²) in [6.45, 7) is 5.82. The van der Waals surface area contributed by atoms with Gasteiger partial charge in [0, 0.05) is 6.92 Å². The van der Waals surface area contributed by atoms with Crippen LogP contribution in [0.3, 0.4) is 0 Å². The molecular weight excluding hydrogens is 180 g/mol. The predicted octanol–water partition coefficient (Wildman–Crippen LogP) is 3.29. The van der Waals surface area contributed by atoms with E-state index in [0.29, 0.717) is 5.05 Å². The Morgan fingerprint density at radius 1 is 1.23 bits per heavy atom. The molecule has 70 valence electrons. The average molecular weight is 194 g/mol. The molecule has 1 rings (SSSR count). The highest BCUT2D eigenvalue weighted by Gasteiger charge is 2.21. The fraction of sp³-hybridized carbons (Fsp3) is 0.364. The van der Waals surface area contributed by atoms with Gasteiger partial charge in [0.1, 0.15) is 5.60 Å². The Morgan fingerprint density at radius 3 is 2.23 bits per heavy atom. The molecule has 0 fully saturated rings. The quantitative estimate of drug-likeness (QED) is 0.668. The van der Waals surface area contributed by atoms with Crippen molar-refractivity contribution in [3.8, 4) is 0 Å². The molecule has 0 aliphatic heterocycles. The second-order valence-corrected chi connectivity index (χ2v) is 4.04. The second-order valence-electron chi connectivity index (χ2n) is 3.47. The molecule has 2 heteroatoms. The third-order valence-electron chi connectivity index (χ3n) is 1.87. The highest BCUT2D eigenvalue weighted by Crippen LogP contribution is 2.24. The van der Waals surface area contributed by atoms with Crippen LogP contribution in [0, 0.1) is 0 Å². The summed E-state index contributed by atoms with van der Waals surface area (Å²) in [5, 5.41) is 0.578. The second kappa shape index (κ2) is 3.88. The van der Waals surface area contributed by atoms with Gasteiger partial charge < -0.3 is 4.74 Å². The molecule has 0 saturated carbocycles. The van der Waals surface area contributed by atoms with Gasteiger partial charge in [-0.15, -0.1) is 0 Å². The lowest BCUT2D eigenvalue weighted by Gasteiger charge is -2.26. The summed E-state index contributed by atoms with van der Waals surface area (Å²) in [7, 11) is 0. The molecular formula is C11H14OS. The normalized spacial score (nSPS) is 11.0. The van der Waals surface area contributed by atoms with Crippen molar-refractivity contribution in [2.24, 2.45) is 0 Å². The van der Waals surface area contributed by atoms with Crippen molar-refractivity contribution < 1.29 is 4.74 Å². The molecule has 0 radical (unpaired) electrons. The lowest BCUT2D eigenvalue weighted by molar-refractivity contribution is 0.0979. The number of thiocarbonyl (C=S) groups is 1. The topological polar surface area (TPSA) is 9.23 Å². The van der Waals surface area contributed by atoms with Gasteiger partial charge in [0.2, 0.25) is 0 Å². The van der Waals surface area contributed by atoms with Crippen LogP contribution in [0.5, 0.6) is 0 Å². The van der Waals surface area contributed by atoms with Crippen molar-refractivity contribution in [1.29, 1.82) is 0 Å². The van der Waals surface area contributed by atoms with Crippen molar-refractivity contribution in [2.75, 3.05) is 0 Å². The van der Waals surface area contributed by atoms with Gasteiger partial charge >= 0.3 is 0 Å². The molecule has 0 heterocycles. The first-order chi connectivity index (χ1) is 6.02. The summed E-state index contributed by atoms with van der Waals surface area (Å²) in [5.74, 6) is 0. The minimum atomic E-state index is -0.326. The zero-order chi connectivity index (χ0) is 9.90. The van der Waals surface area contributed by atoms with Gasteiger partial charge in [-0.05, 0) is 31.6 Å². The van der Waals surface area contributed by atoms with E-state index >= 15 is 0 Å². The van der Waals surface area contributed by atoms with Crippen LogP contribution in [0.15, 0.2) is 30.3 Å². The number of benzene rings is 1. The first kappa shape index (κ1) is 10.2. The first-order valence-corrected chi connectivity index (χ1v) is 4.68.